The average Bonchev–Trinajstić information content (AvgIpc) is 4.30. The van der Waals surface area contributed by atoms with E-state index < -0.39 is 0 Å². The summed E-state index contributed by atoms with van der Waals surface area (Å²) in [5.74, 6) is 0. The third kappa shape index (κ3) is 1.35. The van der Waals surface area contributed by atoms with Crippen LogP contribution in [0.1, 0.15) is 66.8 Å². The van der Waals surface area contributed by atoms with Crippen molar-refractivity contribution in [2.75, 3.05) is 60.4 Å². The van der Waals surface area contributed by atoms with Crippen LogP contribution in [0.4, 0.5) is 0 Å². The predicted octanol–water partition coefficient (Wildman–Crippen LogP) is 12.1. The number of rotatable bonds is 0. The smallest absolute Gasteiger partial charge is 0.0505 e. The van der Waals surface area contributed by atoms with Crippen LogP contribution in [0.15, 0.2) is 0 Å². The van der Waals surface area contributed by atoms with Gasteiger partial charge in [-0.05, 0) is 314 Å². The first kappa shape index (κ1) is 27.6. The van der Waals surface area contributed by atoms with Crippen molar-refractivity contribution in [3.05, 3.63) is 72.0 Å². The first-order chi connectivity index (χ1) is 35.5. The molecule has 0 bridgehead atoms. The highest BCUT2D eigenvalue weighted by atomic mass is 15.2. The topological polar surface area (TPSA) is 9.72 Å². The normalized spacial score (nSPS) is 34.1. The highest BCUT2D eigenvalue weighted by Crippen LogP contribution is 2.89. The standard InChI is InChI=1S/C69H21N3/c1-70-4-64-53-33-18-11-10-12-20-15-19(11)34(33)55-43-26(15)39-35(20)56-45-22(12)25-13(10)17-14(18)23-29-31(17)60-49(25)62-51(45)63-50-46-28-16-21-24-30(32(29)52-38(24)42(28)61(50)69(62)9-72(3)7-67(52,60)69)41(37(23)53)54(64)36(21)40-27(16)44-48(47(43)58(40)65(55,64)5-70)59(39)66(57(44)46)6-71(2)8-68(56,63)66/h4-9H2,1-3H3. The molecule has 6 spiro atoms. The van der Waals surface area contributed by atoms with Crippen molar-refractivity contribution in [3.8, 4) is 0 Å². The largest absolute Gasteiger partial charge is 0.304 e. The Hall–Kier alpha value is -7.14. The Balaban J connectivity index is 1.18. The number of likely N-dealkylation sites (tertiary alicyclic amines) is 3. The second kappa shape index (κ2) is 5.95. The van der Waals surface area contributed by atoms with Gasteiger partial charge in [0.2, 0.25) is 0 Å². The molecule has 15 aliphatic rings. The summed E-state index contributed by atoms with van der Waals surface area (Å²) < 4.78 is 0. The molecule has 20 aromatic rings. The van der Waals surface area contributed by atoms with E-state index in [0.717, 1.165) is 39.3 Å². The fraction of sp³-hybridized carbons (Fsp3) is 0.217. The van der Waals surface area contributed by atoms with Crippen LogP contribution in [0.2, 0.25) is 0 Å². The molecule has 0 N–H and O–H groups in total. The summed E-state index contributed by atoms with van der Waals surface area (Å²) in [4.78, 5) is 8.74. The molecule has 20 aromatic carbocycles. The third-order valence-corrected chi connectivity index (χ3v) is 29.1. The maximum Gasteiger partial charge on any atom is 0.0505 e. The van der Waals surface area contributed by atoms with Crippen molar-refractivity contribution < 1.29 is 0 Å². The van der Waals surface area contributed by atoms with Crippen molar-refractivity contribution in [1.82, 2.24) is 14.7 Å². The molecule has 3 fully saturated rings. The van der Waals surface area contributed by atoms with Crippen molar-refractivity contribution >= 4 is 221 Å². The third-order valence-electron chi connectivity index (χ3n) is 29.1. The lowest BCUT2D eigenvalue weighted by Crippen LogP contribution is -2.56. The van der Waals surface area contributed by atoms with Gasteiger partial charge in [0.25, 0.3) is 0 Å². The molecule has 12 aliphatic carbocycles. The van der Waals surface area contributed by atoms with Crippen molar-refractivity contribution in [1.29, 1.82) is 0 Å². The van der Waals surface area contributed by atoms with Crippen molar-refractivity contribution in [2.45, 2.75) is 32.5 Å². The average molecular weight is 892 g/mol. The second-order valence-corrected chi connectivity index (χ2v) is 29.2. The summed E-state index contributed by atoms with van der Waals surface area (Å²) in [5.41, 5.74) is 23.2. The van der Waals surface area contributed by atoms with E-state index >= 15 is 0 Å². The molecule has 0 aromatic heterocycles. The molecule has 3 heteroatoms. The van der Waals surface area contributed by atoms with Gasteiger partial charge in [0, 0.05) is 39.3 Å². The molecule has 3 aliphatic heterocycles. The van der Waals surface area contributed by atoms with Gasteiger partial charge in [-0.2, -0.15) is 0 Å². The molecule has 0 amide bonds. The molecular weight excluding hydrogens is 871 g/mol. The summed E-state index contributed by atoms with van der Waals surface area (Å²) in [6, 6.07) is 0. The van der Waals surface area contributed by atoms with Gasteiger partial charge in [-0.1, -0.05) is 0 Å². The molecule has 0 radical (unpaired) electrons. The van der Waals surface area contributed by atoms with Gasteiger partial charge >= 0.3 is 0 Å². The minimum Gasteiger partial charge on any atom is -0.304 e. The lowest BCUT2D eigenvalue weighted by molar-refractivity contribution is 0.390. The van der Waals surface area contributed by atoms with Gasteiger partial charge in [0.1, 0.15) is 0 Å². The molecule has 35 rings (SSSR count). The fourth-order valence-corrected chi connectivity index (χ4v) is 30.0. The van der Waals surface area contributed by atoms with Crippen molar-refractivity contribution in [3.63, 3.8) is 0 Å². The summed E-state index contributed by atoms with van der Waals surface area (Å²) >= 11 is 0. The quantitative estimate of drug-likeness (QED) is 0.140. The van der Waals surface area contributed by atoms with Crippen molar-refractivity contribution in [2.24, 2.45) is 0 Å². The summed E-state index contributed by atoms with van der Waals surface area (Å²) in [6.45, 7) is 6.81. The Bertz CT molecular complexity index is 7110. The highest BCUT2D eigenvalue weighted by molar-refractivity contribution is 6.72. The fourth-order valence-electron chi connectivity index (χ4n) is 30.0. The van der Waals surface area contributed by atoms with Gasteiger partial charge < -0.3 is 14.7 Å². The van der Waals surface area contributed by atoms with Gasteiger partial charge in [-0.25, -0.2) is 0 Å². The molecule has 6 atom stereocenters. The summed E-state index contributed by atoms with van der Waals surface area (Å²) in [6.07, 6.45) is 0. The van der Waals surface area contributed by atoms with E-state index in [1.165, 1.54) is 0 Å². The van der Waals surface area contributed by atoms with Gasteiger partial charge in [0.05, 0.1) is 32.5 Å². The van der Waals surface area contributed by atoms with E-state index in [2.05, 4.69) is 35.8 Å². The van der Waals surface area contributed by atoms with E-state index in [-0.39, 0.29) is 32.5 Å². The Morgan fingerprint density at radius 1 is 0.194 bits per heavy atom. The van der Waals surface area contributed by atoms with Crippen LogP contribution in [0.3, 0.4) is 0 Å². The zero-order valence-corrected chi connectivity index (χ0v) is 38.6. The Labute approximate surface area is 398 Å². The maximum atomic E-state index is 2.92. The lowest BCUT2D eigenvalue weighted by atomic mass is 9.46. The second-order valence-electron chi connectivity index (χ2n) is 29.2. The molecule has 3 nitrogen and oxygen atoms in total. The number of likely N-dealkylation sites (N-methyl/N-ethyl adjacent to an activating group) is 3. The Morgan fingerprint density at radius 3 is 0.806 bits per heavy atom. The number of hydrogen-bond donors (Lipinski definition) is 0. The van der Waals surface area contributed by atoms with E-state index in [4.69, 9.17) is 0 Å². The molecule has 312 valence electrons. The SMILES string of the molecule is CN1CC23C4=c5c6c7c8c9c%10c%11c%12c%13c%14c(c4c4c%15c%16c%17c(c%18c%19c2c5c2c7c5c9c7c%10c9c%10c%20c%21c%22c(c%17c%17c%23c%24c(c9c%11c%13c%24c(c4%14)c%16%23)C%104CN(C)CC%17%224)c%18c4c%19c2c5c(c%214)c%207)C%153C1)C61CN(C)CC%1281. The minimum absolute atomic E-state index is 0.122. The number of nitrogens with zero attached hydrogens (tertiary/aromatic N) is 3. The molecule has 6 unspecified atom stereocenters. The van der Waals surface area contributed by atoms with Gasteiger partial charge in [-0.15, -0.1) is 0 Å². The molecular formula is C69H21N3. The molecule has 3 saturated heterocycles. The van der Waals surface area contributed by atoms with Crippen LogP contribution in [0.5, 0.6) is 0 Å². The van der Waals surface area contributed by atoms with E-state index in [9.17, 15) is 0 Å². The first-order valence-corrected chi connectivity index (χ1v) is 27.9. The van der Waals surface area contributed by atoms with E-state index in [1.54, 1.807) is 215 Å². The number of hydrogen-bond acceptors (Lipinski definition) is 3. The molecule has 72 heavy (non-hydrogen) atoms. The number of benzene rings is 13. The zero-order chi connectivity index (χ0) is 43.2. The summed E-state index contributed by atoms with van der Waals surface area (Å²) in [7, 11) is 7.71. The molecule has 3 heterocycles. The van der Waals surface area contributed by atoms with Crippen LogP contribution < -0.4 is 5.22 Å². The lowest BCUT2D eigenvalue weighted by Gasteiger charge is -2.53. The van der Waals surface area contributed by atoms with Crippen LogP contribution in [0, 0.1) is 0 Å². The predicted molar refractivity (Wildman–Crippen MR) is 291 cm³/mol. The van der Waals surface area contributed by atoms with Gasteiger partial charge in [0.15, 0.2) is 0 Å². The Morgan fingerprint density at radius 2 is 0.403 bits per heavy atom. The zero-order valence-electron chi connectivity index (χ0n) is 38.6. The first-order valence-electron chi connectivity index (χ1n) is 27.9. The van der Waals surface area contributed by atoms with Crippen LogP contribution in [-0.2, 0) is 32.5 Å². The van der Waals surface area contributed by atoms with Crippen LogP contribution in [0.25, 0.3) is 221 Å². The monoisotopic (exact) mass is 891 g/mol. The highest BCUT2D eigenvalue weighted by Gasteiger charge is 2.80. The van der Waals surface area contributed by atoms with E-state index in [1.807, 2.05) is 77.6 Å². The van der Waals surface area contributed by atoms with Crippen LogP contribution >= 0.6 is 0 Å². The van der Waals surface area contributed by atoms with Gasteiger partial charge in [-0.3, -0.25) is 0 Å². The minimum atomic E-state index is -0.124. The van der Waals surface area contributed by atoms with Crippen LogP contribution in [-0.4, -0.2) is 75.1 Å². The molecule has 0 saturated carbocycles. The summed E-state index contributed by atoms with van der Waals surface area (Å²) in [5, 5.41) is 72.0. The maximum absolute atomic E-state index is 2.92. The van der Waals surface area contributed by atoms with E-state index in [0.29, 0.717) is 0 Å². The Kier molecular flexibility index (Phi) is 2.28.